The number of thioether (sulfide) groups is 2. The number of ether oxygens (including phenoxy) is 1. The predicted molar refractivity (Wildman–Crippen MR) is 132 cm³/mol. The molecule has 1 saturated carbocycles. The molecule has 2 aromatic carbocycles. The lowest BCUT2D eigenvalue weighted by Crippen LogP contribution is -2.37. The number of fused-ring (bicyclic) bond motifs is 1. The third-order valence-corrected chi connectivity index (χ3v) is 8.96. The number of halogens is 3. The van der Waals surface area contributed by atoms with Crippen LogP contribution in [-0.4, -0.2) is 39.5 Å². The van der Waals surface area contributed by atoms with Crippen molar-refractivity contribution in [3.8, 4) is 5.75 Å². The summed E-state index contributed by atoms with van der Waals surface area (Å²) in [5.74, 6) is -2.67. The van der Waals surface area contributed by atoms with Crippen LogP contribution in [0.25, 0.3) is 0 Å². The van der Waals surface area contributed by atoms with Crippen LogP contribution in [0.1, 0.15) is 34.6 Å². The molecule has 1 fully saturated rings. The Kier molecular flexibility index (Phi) is 6.91. The van der Waals surface area contributed by atoms with E-state index in [9.17, 15) is 23.1 Å². The predicted octanol–water partition coefficient (Wildman–Crippen LogP) is 7.08. The van der Waals surface area contributed by atoms with E-state index in [-0.39, 0.29) is 36.2 Å². The highest BCUT2D eigenvalue weighted by atomic mass is 32.2. The van der Waals surface area contributed by atoms with E-state index in [1.807, 2.05) is 12.1 Å². The lowest BCUT2D eigenvalue weighted by atomic mass is 9.94. The number of alkyl halides is 2. The Morgan fingerprint density at radius 2 is 2.03 bits per heavy atom. The van der Waals surface area contributed by atoms with Gasteiger partial charge in [0.1, 0.15) is 18.2 Å². The first-order valence-corrected chi connectivity index (χ1v) is 13.7. The van der Waals surface area contributed by atoms with Crippen LogP contribution < -0.4 is 9.64 Å². The van der Waals surface area contributed by atoms with E-state index in [4.69, 9.17) is 4.74 Å². The molecule has 1 aromatic heterocycles. The maximum Gasteiger partial charge on any atom is 0.355 e. The van der Waals surface area contributed by atoms with Crippen molar-refractivity contribution in [2.24, 2.45) is 0 Å². The van der Waals surface area contributed by atoms with Crippen molar-refractivity contribution in [1.29, 1.82) is 0 Å². The molecule has 1 N–H and O–H groups in total. The van der Waals surface area contributed by atoms with Gasteiger partial charge in [0.15, 0.2) is 5.69 Å². The number of aromatic carboxylic acids is 1. The average molecular weight is 539 g/mol. The second kappa shape index (κ2) is 9.94. The van der Waals surface area contributed by atoms with Gasteiger partial charge in [0.25, 0.3) is 0 Å². The van der Waals surface area contributed by atoms with E-state index in [1.165, 1.54) is 40.7 Å². The number of anilines is 2. The van der Waals surface area contributed by atoms with Crippen LogP contribution in [0.2, 0.25) is 0 Å². The van der Waals surface area contributed by atoms with E-state index in [0.717, 1.165) is 39.9 Å². The van der Waals surface area contributed by atoms with E-state index in [2.05, 4.69) is 9.88 Å². The maximum absolute atomic E-state index is 13.5. The summed E-state index contributed by atoms with van der Waals surface area (Å²) in [5.41, 5.74) is 3.19. The fourth-order valence-electron chi connectivity index (χ4n) is 4.04. The summed E-state index contributed by atoms with van der Waals surface area (Å²) in [6.45, 7) is 0.756. The molecular weight excluding hydrogens is 517 g/mol. The monoisotopic (exact) mass is 538 g/mol. The number of carboxylic acids is 1. The average Bonchev–Trinajstić information content (AvgIpc) is 3.18. The minimum Gasteiger partial charge on any atom is -0.487 e. The summed E-state index contributed by atoms with van der Waals surface area (Å²) < 4.78 is 46.7. The highest BCUT2D eigenvalue weighted by Gasteiger charge is 2.46. The van der Waals surface area contributed by atoms with E-state index < -0.39 is 11.9 Å². The molecule has 0 bridgehead atoms. The number of rotatable bonds is 7. The molecule has 0 atom stereocenters. The number of hydrogen-bond donors (Lipinski definition) is 1. The summed E-state index contributed by atoms with van der Waals surface area (Å²) in [6, 6.07) is 10.2. The summed E-state index contributed by atoms with van der Waals surface area (Å²) >= 11 is 4.23. The molecule has 1 aliphatic carbocycles. The fraction of sp³-hybridized carbons (Fsp3) is 0.333. The van der Waals surface area contributed by atoms with Crippen LogP contribution in [0.15, 0.2) is 51.7 Å². The molecule has 35 heavy (non-hydrogen) atoms. The molecule has 184 valence electrons. The number of nitrogens with zero attached hydrogens (tertiary/aromatic N) is 2. The minimum atomic E-state index is -2.64. The van der Waals surface area contributed by atoms with Gasteiger partial charge in [0.2, 0.25) is 5.92 Å². The van der Waals surface area contributed by atoms with Crippen molar-refractivity contribution in [1.82, 2.24) is 4.98 Å². The van der Waals surface area contributed by atoms with Crippen LogP contribution in [0.3, 0.4) is 0 Å². The lowest BCUT2D eigenvalue weighted by Gasteiger charge is -2.35. The molecule has 1 aliphatic heterocycles. The quantitative estimate of drug-likeness (QED) is 0.345. The van der Waals surface area contributed by atoms with Gasteiger partial charge in [0, 0.05) is 35.2 Å². The largest absolute Gasteiger partial charge is 0.487 e. The van der Waals surface area contributed by atoms with Crippen LogP contribution in [0.5, 0.6) is 5.75 Å². The Morgan fingerprint density at radius 3 is 2.74 bits per heavy atom. The molecule has 2 aliphatic rings. The molecule has 5 nitrogen and oxygen atoms in total. The van der Waals surface area contributed by atoms with E-state index in [0.29, 0.717) is 10.6 Å². The molecule has 0 unspecified atom stereocenters. The summed E-state index contributed by atoms with van der Waals surface area (Å²) in [5, 5.41) is 9.10. The van der Waals surface area contributed by atoms with Gasteiger partial charge in [-0.2, -0.15) is 0 Å². The molecule has 11 heteroatoms. The van der Waals surface area contributed by atoms with Crippen molar-refractivity contribution in [3.05, 3.63) is 58.3 Å². The Morgan fingerprint density at radius 1 is 1.26 bits per heavy atom. The second-order valence-electron chi connectivity index (χ2n) is 8.32. The van der Waals surface area contributed by atoms with Crippen molar-refractivity contribution in [2.75, 3.05) is 17.2 Å². The number of carboxylic acid groups (broad SMARTS) is 1. The zero-order chi connectivity index (χ0) is 24.6. The summed E-state index contributed by atoms with van der Waals surface area (Å²) in [4.78, 5) is 19.6. The molecule has 0 spiro atoms. The Bertz CT molecular complexity index is 1230. The normalized spacial score (nSPS) is 17.4. The van der Waals surface area contributed by atoms with Crippen LogP contribution in [-0.2, 0) is 6.61 Å². The van der Waals surface area contributed by atoms with Crippen LogP contribution >= 0.6 is 34.9 Å². The second-order valence-corrected chi connectivity index (χ2v) is 11.7. The van der Waals surface area contributed by atoms with Crippen LogP contribution in [0.4, 0.5) is 24.5 Å². The van der Waals surface area contributed by atoms with Gasteiger partial charge in [-0.15, -0.1) is 34.9 Å². The Labute approximate surface area is 212 Å². The van der Waals surface area contributed by atoms with E-state index >= 15 is 0 Å². The topological polar surface area (TPSA) is 62.7 Å². The highest BCUT2D eigenvalue weighted by Crippen LogP contribution is 2.51. The summed E-state index contributed by atoms with van der Waals surface area (Å²) in [6.07, 6.45) is 0.526. The first-order chi connectivity index (χ1) is 16.8. The number of aromatic nitrogens is 1. The van der Waals surface area contributed by atoms with Gasteiger partial charge < -0.3 is 14.7 Å². The zero-order valence-corrected chi connectivity index (χ0v) is 20.8. The molecule has 0 amide bonds. The van der Waals surface area contributed by atoms with Gasteiger partial charge >= 0.3 is 5.97 Å². The van der Waals surface area contributed by atoms with Crippen molar-refractivity contribution in [3.63, 3.8) is 0 Å². The summed E-state index contributed by atoms with van der Waals surface area (Å²) in [7, 11) is 0. The first kappa shape index (κ1) is 24.3. The number of thiazole rings is 1. The van der Waals surface area contributed by atoms with Gasteiger partial charge in [-0.25, -0.2) is 22.9 Å². The van der Waals surface area contributed by atoms with Crippen molar-refractivity contribution >= 4 is 52.2 Å². The number of benzene rings is 2. The van der Waals surface area contributed by atoms with Crippen molar-refractivity contribution < 1.29 is 27.8 Å². The molecule has 0 saturated heterocycles. The standard InChI is InChI=1S/C24H21F3N2O3S3/c25-14-2-4-15(5-3-14)29-6-1-7-33-19-9-18(32-12-21-22(23(30)31)28-13-34-21)20(8-17(19)29)35-16-10-24(26,27)11-16/h2-5,8-9,13,16H,1,6-7,10-12H2,(H,30,31). The Balaban J connectivity index is 1.49. The van der Waals surface area contributed by atoms with E-state index in [1.54, 1.807) is 23.9 Å². The van der Waals surface area contributed by atoms with Crippen molar-refractivity contribution in [2.45, 2.75) is 46.8 Å². The Hall–Kier alpha value is -2.37. The van der Waals surface area contributed by atoms with Gasteiger partial charge in [-0.3, -0.25) is 0 Å². The number of carbonyl (C=O) groups is 1. The van der Waals surface area contributed by atoms with Gasteiger partial charge in [0.05, 0.1) is 21.0 Å². The number of hydrogen-bond acceptors (Lipinski definition) is 7. The highest BCUT2D eigenvalue weighted by molar-refractivity contribution is 8.00. The van der Waals surface area contributed by atoms with Crippen LogP contribution in [0, 0.1) is 5.82 Å². The third kappa shape index (κ3) is 5.41. The van der Waals surface area contributed by atoms with Gasteiger partial charge in [-0.05, 0) is 48.6 Å². The fourth-order valence-corrected chi connectivity index (χ4v) is 7.13. The maximum atomic E-state index is 13.5. The zero-order valence-electron chi connectivity index (χ0n) is 18.4. The molecule has 3 aromatic rings. The SMILES string of the molecule is O=C(O)c1ncsc1COc1cc2c(cc1SC1CC(F)(F)C1)N(c1ccc(F)cc1)CCCS2. The smallest absolute Gasteiger partial charge is 0.355 e. The first-order valence-electron chi connectivity index (χ1n) is 11.0. The lowest BCUT2D eigenvalue weighted by molar-refractivity contribution is -0.0667. The molecule has 5 rings (SSSR count). The molecule has 2 heterocycles. The molecular formula is C24H21F3N2O3S3. The van der Waals surface area contributed by atoms with Gasteiger partial charge in [-0.1, -0.05) is 0 Å². The molecule has 0 radical (unpaired) electrons. The third-order valence-electron chi connectivity index (χ3n) is 5.79. The minimum absolute atomic E-state index is 0.0197.